The summed E-state index contributed by atoms with van der Waals surface area (Å²) in [5.74, 6) is 0.0280. The van der Waals surface area contributed by atoms with E-state index < -0.39 is 5.97 Å². The molecule has 0 spiro atoms. The molecule has 6 heteroatoms. The predicted molar refractivity (Wildman–Crippen MR) is 108 cm³/mol. The van der Waals surface area contributed by atoms with Crippen molar-refractivity contribution in [1.82, 2.24) is 0 Å². The number of aliphatic imine (C=N–C) groups is 1. The summed E-state index contributed by atoms with van der Waals surface area (Å²) >= 11 is 1.23. The Morgan fingerprint density at radius 3 is 2.48 bits per heavy atom. The highest BCUT2D eigenvalue weighted by Gasteiger charge is 2.32. The number of carbonyl (C=O) groups excluding carboxylic acids is 1. The number of esters is 1. The van der Waals surface area contributed by atoms with Crippen LogP contribution in [0.15, 0.2) is 75.8 Å². The monoisotopic (exact) mass is 381 g/mol. The molecule has 1 N–H and O–H groups in total. The first-order chi connectivity index (χ1) is 13.1. The van der Waals surface area contributed by atoms with Gasteiger partial charge in [0.1, 0.15) is 22.1 Å². The Morgan fingerprint density at radius 1 is 1.15 bits per heavy atom. The van der Waals surface area contributed by atoms with Crippen LogP contribution >= 0.6 is 11.8 Å². The van der Waals surface area contributed by atoms with Crippen molar-refractivity contribution in [1.29, 1.82) is 0 Å². The molecule has 2 aromatic carbocycles. The lowest BCUT2D eigenvalue weighted by Crippen LogP contribution is -2.10. The summed E-state index contributed by atoms with van der Waals surface area (Å²) in [6, 6.07) is 16.7. The largest absolute Gasteiger partial charge is 0.506 e. The molecule has 0 amide bonds. The Hall–Kier alpha value is -2.99. The Balaban J connectivity index is 1.96. The fourth-order valence-corrected chi connectivity index (χ4v) is 3.52. The molecule has 1 aliphatic rings. The number of hydrogen-bond donors (Lipinski definition) is 1. The Kier molecular flexibility index (Phi) is 5.98. The van der Waals surface area contributed by atoms with Gasteiger partial charge in [0.15, 0.2) is 0 Å². The molecule has 1 heterocycles. The molecule has 0 atom stereocenters. The lowest BCUT2D eigenvalue weighted by atomic mass is 10.1. The SMILES string of the molecule is CCOc1ccc(/C=C2\SC(=Nc3ccccc3)C(C(=O)OC)=C2O)cc1. The minimum absolute atomic E-state index is 0.0727. The maximum absolute atomic E-state index is 12.2. The van der Waals surface area contributed by atoms with E-state index in [9.17, 15) is 9.90 Å². The minimum atomic E-state index is -0.621. The van der Waals surface area contributed by atoms with Crippen LogP contribution in [0.4, 0.5) is 5.69 Å². The van der Waals surface area contributed by atoms with Crippen molar-refractivity contribution in [2.45, 2.75) is 6.92 Å². The van der Waals surface area contributed by atoms with E-state index in [4.69, 9.17) is 9.47 Å². The van der Waals surface area contributed by atoms with Gasteiger partial charge < -0.3 is 14.6 Å². The smallest absolute Gasteiger partial charge is 0.344 e. The van der Waals surface area contributed by atoms with E-state index in [2.05, 4.69) is 4.99 Å². The fraction of sp³-hybridized carbons (Fsp3) is 0.143. The van der Waals surface area contributed by atoms with Crippen molar-refractivity contribution in [3.63, 3.8) is 0 Å². The van der Waals surface area contributed by atoms with Gasteiger partial charge >= 0.3 is 5.97 Å². The van der Waals surface area contributed by atoms with E-state index >= 15 is 0 Å². The maximum Gasteiger partial charge on any atom is 0.344 e. The van der Waals surface area contributed by atoms with Crippen LogP contribution in [-0.4, -0.2) is 29.8 Å². The number of thioether (sulfide) groups is 1. The summed E-state index contributed by atoms with van der Waals surface area (Å²) in [4.78, 5) is 17.2. The minimum Gasteiger partial charge on any atom is -0.506 e. The number of benzene rings is 2. The van der Waals surface area contributed by atoms with Gasteiger partial charge in [-0.25, -0.2) is 9.79 Å². The molecule has 0 radical (unpaired) electrons. The molecule has 0 saturated heterocycles. The number of methoxy groups -OCH3 is 1. The van der Waals surface area contributed by atoms with Crippen LogP contribution in [0.3, 0.4) is 0 Å². The second kappa shape index (κ2) is 8.60. The zero-order valence-electron chi connectivity index (χ0n) is 15.0. The van der Waals surface area contributed by atoms with Gasteiger partial charge in [-0.1, -0.05) is 42.1 Å². The van der Waals surface area contributed by atoms with E-state index in [-0.39, 0.29) is 11.3 Å². The lowest BCUT2D eigenvalue weighted by molar-refractivity contribution is -0.135. The Bertz CT molecular complexity index is 915. The van der Waals surface area contributed by atoms with Crippen molar-refractivity contribution in [2.75, 3.05) is 13.7 Å². The molecule has 5 nitrogen and oxygen atoms in total. The topological polar surface area (TPSA) is 68.1 Å². The number of hydrogen-bond acceptors (Lipinski definition) is 6. The van der Waals surface area contributed by atoms with Crippen molar-refractivity contribution in [3.8, 4) is 5.75 Å². The quantitative estimate of drug-likeness (QED) is 0.747. The average Bonchev–Trinajstić information content (AvgIpc) is 2.98. The van der Waals surface area contributed by atoms with Gasteiger partial charge in [0.05, 0.1) is 24.3 Å². The standard InChI is InChI=1S/C21H19NO4S/c1-3-26-16-11-9-14(10-12-16)13-17-19(23)18(21(24)25-2)20(27-17)22-15-7-5-4-6-8-15/h4-13,23H,3H2,1-2H3/b17-13-,22-20?. The van der Waals surface area contributed by atoms with Gasteiger partial charge in [-0.2, -0.15) is 0 Å². The van der Waals surface area contributed by atoms with Gasteiger partial charge in [-0.3, -0.25) is 0 Å². The van der Waals surface area contributed by atoms with Crippen LogP contribution in [0.25, 0.3) is 6.08 Å². The molecule has 0 bridgehead atoms. The first-order valence-corrected chi connectivity index (χ1v) is 9.22. The molecule has 0 aliphatic carbocycles. The molecular formula is C21H19NO4S. The molecule has 27 heavy (non-hydrogen) atoms. The molecule has 138 valence electrons. The van der Waals surface area contributed by atoms with Crippen molar-refractivity contribution >= 4 is 34.5 Å². The van der Waals surface area contributed by atoms with Gasteiger partial charge in [-0.05, 0) is 42.8 Å². The van der Waals surface area contributed by atoms with Gasteiger partial charge in [0, 0.05) is 0 Å². The lowest BCUT2D eigenvalue weighted by Gasteiger charge is -2.03. The van der Waals surface area contributed by atoms with Crippen molar-refractivity contribution < 1.29 is 19.4 Å². The summed E-state index contributed by atoms with van der Waals surface area (Å²) in [7, 11) is 1.28. The zero-order chi connectivity index (χ0) is 19.2. The summed E-state index contributed by atoms with van der Waals surface area (Å²) in [6.07, 6.45) is 1.80. The van der Waals surface area contributed by atoms with Crippen molar-refractivity contribution in [2.24, 2.45) is 4.99 Å². The normalized spacial score (nSPS) is 16.8. The molecule has 2 aromatic rings. The Morgan fingerprint density at radius 2 is 1.85 bits per heavy atom. The third kappa shape index (κ3) is 4.41. The van der Waals surface area contributed by atoms with E-state index in [1.165, 1.54) is 18.9 Å². The molecule has 0 saturated carbocycles. The number of carbonyl (C=O) groups is 1. The van der Waals surface area contributed by atoms with Crippen LogP contribution in [-0.2, 0) is 9.53 Å². The van der Waals surface area contributed by atoms with E-state index in [0.29, 0.717) is 22.2 Å². The number of aliphatic hydroxyl groups excluding tert-OH is 1. The van der Waals surface area contributed by atoms with Crippen molar-refractivity contribution in [3.05, 3.63) is 76.4 Å². The Labute approximate surface area is 162 Å². The van der Waals surface area contributed by atoms with E-state index in [0.717, 1.165) is 11.3 Å². The van der Waals surface area contributed by atoms with Gasteiger partial charge in [0.2, 0.25) is 0 Å². The molecule has 0 aromatic heterocycles. The van der Waals surface area contributed by atoms with Gasteiger partial charge in [-0.15, -0.1) is 0 Å². The molecule has 0 unspecified atom stereocenters. The average molecular weight is 381 g/mol. The highest BCUT2D eigenvalue weighted by atomic mass is 32.2. The zero-order valence-corrected chi connectivity index (χ0v) is 15.8. The summed E-state index contributed by atoms with van der Waals surface area (Å²) < 4.78 is 10.3. The first kappa shape index (κ1) is 18.8. The number of aliphatic hydroxyl groups is 1. The first-order valence-electron chi connectivity index (χ1n) is 8.40. The van der Waals surface area contributed by atoms with Crippen LogP contribution in [0, 0.1) is 0 Å². The third-order valence-electron chi connectivity index (χ3n) is 3.76. The second-order valence-corrected chi connectivity index (χ2v) is 6.61. The van der Waals surface area contributed by atoms with Crippen LogP contribution in [0.1, 0.15) is 12.5 Å². The summed E-state index contributed by atoms with van der Waals surface area (Å²) in [5.41, 5.74) is 1.64. The molecule has 0 fully saturated rings. The van der Waals surface area contributed by atoms with Gasteiger partial charge in [0.25, 0.3) is 0 Å². The highest BCUT2D eigenvalue weighted by molar-refractivity contribution is 8.18. The third-order valence-corrected chi connectivity index (χ3v) is 4.78. The predicted octanol–water partition coefficient (Wildman–Crippen LogP) is 4.89. The highest BCUT2D eigenvalue weighted by Crippen LogP contribution is 2.40. The van der Waals surface area contributed by atoms with E-state index in [1.54, 1.807) is 6.08 Å². The number of ether oxygens (including phenoxy) is 2. The number of rotatable bonds is 5. The van der Waals surface area contributed by atoms with Crippen LogP contribution in [0.5, 0.6) is 5.75 Å². The summed E-state index contributed by atoms with van der Waals surface area (Å²) in [6.45, 7) is 2.53. The summed E-state index contributed by atoms with van der Waals surface area (Å²) in [5, 5.41) is 11.0. The van der Waals surface area contributed by atoms with E-state index in [1.807, 2.05) is 61.5 Å². The molecule has 3 rings (SSSR count). The number of para-hydroxylation sites is 1. The van der Waals surface area contributed by atoms with Crippen LogP contribution < -0.4 is 4.74 Å². The fourth-order valence-electron chi connectivity index (χ4n) is 2.49. The molecule has 1 aliphatic heterocycles. The van der Waals surface area contributed by atoms with Crippen LogP contribution in [0.2, 0.25) is 0 Å². The maximum atomic E-state index is 12.2. The molecular weight excluding hydrogens is 362 g/mol. The number of nitrogens with zero attached hydrogens (tertiary/aromatic N) is 1. The second-order valence-electron chi connectivity index (χ2n) is 5.58.